The van der Waals surface area contributed by atoms with E-state index in [2.05, 4.69) is 47.2 Å². The summed E-state index contributed by atoms with van der Waals surface area (Å²) in [5.41, 5.74) is 1.27. The first-order valence-electron chi connectivity index (χ1n) is 7.38. The molecule has 1 aromatic rings. The molecule has 1 unspecified atom stereocenters. The summed E-state index contributed by atoms with van der Waals surface area (Å²) in [5.74, 6) is 1.57. The maximum absolute atomic E-state index is 5.83. The van der Waals surface area contributed by atoms with Crippen LogP contribution in [0.3, 0.4) is 0 Å². The van der Waals surface area contributed by atoms with Gasteiger partial charge in [0.15, 0.2) is 0 Å². The van der Waals surface area contributed by atoms with Crippen molar-refractivity contribution < 1.29 is 9.47 Å². The van der Waals surface area contributed by atoms with Crippen LogP contribution in [0.2, 0.25) is 0 Å². The van der Waals surface area contributed by atoms with Crippen LogP contribution in [0.15, 0.2) is 22.7 Å². The average Bonchev–Trinajstić information content (AvgIpc) is 2.90. The lowest BCUT2D eigenvalue weighted by Crippen LogP contribution is -2.19. The van der Waals surface area contributed by atoms with Gasteiger partial charge in [0.2, 0.25) is 0 Å². The fourth-order valence-electron chi connectivity index (χ4n) is 2.24. The third-order valence-electron chi connectivity index (χ3n) is 3.33. The van der Waals surface area contributed by atoms with Crippen LogP contribution in [0.25, 0.3) is 0 Å². The number of hydrogen-bond donors (Lipinski definition) is 1. The third-order valence-corrected chi connectivity index (χ3v) is 3.95. The Balaban J connectivity index is 1.81. The number of nitrogens with one attached hydrogen (secondary N) is 1. The molecule has 3 nitrogen and oxygen atoms in total. The van der Waals surface area contributed by atoms with Gasteiger partial charge in [-0.2, -0.15) is 0 Å². The van der Waals surface area contributed by atoms with Crippen molar-refractivity contribution >= 4 is 15.9 Å². The standard InChI is InChI=1S/C16H24BrNO2/c1-12(2)9-18-10-13-5-6-16(15(17)8-13)20-11-14-4-3-7-19-14/h5-6,8,12,14,18H,3-4,7,9-11H2,1-2H3. The normalized spacial score (nSPS) is 18.7. The van der Waals surface area contributed by atoms with Crippen LogP contribution in [0, 0.1) is 5.92 Å². The van der Waals surface area contributed by atoms with Gasteiger partial charge in [-0.3, -0.25) is 0 Å². The molecule has 0 aromatic heterocycles. The predicted molar refractivity (Wildman–Crippen MR) is 85.2 cm³/mol. The molecule has 0 spiro atoms. The zero-order valence-electron chi connectivity index (χ0n) is 12.3. The van der Waals surface area contributed by atoms with Crippen LogP contribution in [0.1, 0.15) is 32.3 Å². The molecule has 112 valence electrons. The van der Waals surface area contributed by atoms with Crippen molar-refractivity contribution in [1.82, 2.24) is 5.32 Å². The summed E-state index contributed by atoms with van der Waals surface area (Å²) in [7, 11) is 0. The summed E-state index contributed by atoms with van der Waals surface area (Å²) >= 11 is 3.58. The number of ether oxygens (including phenoxy) is 2. The van der Waals surface area contributed by atoms with E-state index in [-0.39, 0.29) is 6.10 Å². The summed E-state index contributed by atoms with van der Waals surface area (Å²) < 4.78 is 12.4. The zero-order valence-corrected chi connectivity index (χ0v) is 13.9. The molecule has 1 aliphatic heterocycles. The molecule has 1 fully saturated rings. The number of benzene rings is 1. The fourth-order valence-corrected chi connectivity index (χ4v) is 2.78. The molecule has 0 bridgehead atoms. The van der Waals surface area contributed by atoms with Crippen molar-refractivity contribution in [2.24, 2.45) is 5.92 Å². The molecule has 0 saturated carbocycles. The van der Waals surface area contributed by atoms with Gasteiger partial charge in [0, 0.05) is 13.2 Å². The van der Waals surface area contributed by atoms with Crippen LogP contribution >= 0.6 is 15.9 Å². The second-order valence-corrected chi connectivity index (χ2v) is 6.59. The largest absolute Gasteiger partial charge is 0.490 e. The van der Waals surface area contributed by atoms with Crippen LogP contribution < -0.4 is 10.1 Å². The highest BCUT2D eigenvalue weighted by molar-refractivity contribution is 9.10. The van der Waals surface area contributed by atoms with Crippen LogP contribution in [0.4, 0.5) is 0 Å². The second kappa shape index (κ2) is 8.01. The van der Waals surface area contributed by atoms with E-state index in [4.69, 9.17) is 9.47 Å². The van der Waals surface area contributed by atoms with E-state index in [0.717, 1.165) is 42.8 Å². The molecule has 1 aromatic carbocycles. The Hall–Kier alpha value is -0.580. The molecule has 1 saturated heterocycles. The lowest BCUT2D eigenvalue weighted by Gasteiger charge is -2.14. The molecule has 0 radical (unpaired) electrons. The first-order valence-corrected chi connectivity index (χ1v) is 8.18. The predicted octanol–water partition coefficient (Wildman–Crippen LogP) is 3.75. The summed E-state index contributed by atoms with van der Waals surface area (Å²) in [6.07, 6.45) is 2.51. The highest BCUT2D eigenvalue weighted by Gasteiger charge is 2.16. The Kier molecular flexibility index (Phi) is 6.33. The van der Waals surface area contributed by atoms with E-state index in [0.29, 0.717) is 12.5 Å². The van der Waals surface area contributed by atoms with Crippen molar-refractivity contribution in [1.29, 1.82) is 0 Å². The van der Waals surface area contributed by atoms with Crippen LogP contribution in [-0.4, -0.2) is 25.9 Å². The lowest BCUT2D eigenvalue weighted by molar-refractivity contribution is 0.0677. The van der Waals surface area contributed by atoms with Gasteiger partial charge in [-0.25, -0.2) is 0 Å². The Bertz CT molecular complexity index is 417. The Morgan fingerprint density at radius 3 is 2.95 bits per heavy atom. The van der Waals surface area contributed by atoms with Crippen molar-refractivity contribution in [3.63, 3.8) is 0 Å². The van der Waals surface area contributed by atoms with E-state index < -0.39 is 0 Å². The maximum Gasteiger partial charge on any atom is 0.133 e. The highest BCUT2D eigenvalue weighted by atomic mass is 79.9. The van der Waals surface area contributed by atoms with Crippen molar-refractivity contribution in [2.45, 2.75) is 39.3 Å². The summed E-state index contributed by atoms with van der Waals surface area (Å²) in [4.78, 5) is 0. The topological polar surface area (TPSA) is 30.5 Å². The minimum Gasteiger partial charge on any atom is -0.490 e. The number of halogens is 1. The second-order valence-electron chi connectivity index (χ2n) is 5.74. The van der Waals surface area contributed by atoms with E-state index in [9.17, 15) is 0 Å². The molecule has 20 heavy (non-hydrogen) atoms. The average molecular weight is 342 g/mol. The number of hydrogen-bond acceptors (Lipinski definition) is 3. The van der Waals surface area contributed by atoms with Gasteiger partial charge in [-0.1, -0.05) is 19.9 Å². The van der Waals surface area contributed by atoms with Gasteiger partial charge in [0.1, 0.15) is 12.4 Å². The molecular formula is C16H24BrNO2. The van der Waals surface area contributed by atoms with E-state index in [1.165, 1.54) is 5.56 Å². The molecule has 1 N–H and O–H groups in total. The molecular weight excluding hydrogens is 318 g/mol. The molecule has 1 heterocycles. The van der Waals surface area contributed by atoms with Gasteiger partial charge >= 0.3 is 0 Å². The maximum atomic E-state index is 5.83. The first-order chi connectivity index (χ1) is 9.65. The molecule has 1 aliphatic rings. The SMILES string of the molecule is CC(C)CNCc1ccc(OCC2CCCO2)c(Br)c1. The lowest BCUT2D eigenvalue weighted by atomic mass is 10.2. The fraction of sp³-hybridized carbons (Fsp3) is 0.625. The van der Waals surface area contributed by atoms with Crippen LogP contribution in [0.5, 0.6) is 5.75 Å². The van der Waals surface area contributed by atoms with Gasteiger partial charge in [0.05, 0.1) is 10.6 Å². The quantitative estimate of drug-likeness (QED) is 0.819. The van der Waals surface area contributed by atoms with E-state index in [1.54, 1.807) is 0 Å². The van der Waals surface area contributed by atoms with Crippen molar-refractivity contribution in [3.05, 3.63) is 28.2 Å². The Morgan fingerprint density at radius 2 is 2.30 bits per heavy atom. The Labute approximate surface area is 130 Å². The molecule has 1 atom stereocenters. The molecule has 0 amide bonds. The van der Waals surface area contributed by atoms with E-state index >= 15 is 0 Å². The van der Waals surface area contributed by atoms with Crippen molar-refractivity contribution in [2.75, 3.05) is 19.8 Å². The molecule has 0 aliphatic carbocycles. The summed E-state index contributed by atoms with van der Waals surface area (Å²) in [5, 5.41) is 3.44. The molecule has 2 rings (SSSR count). The monoisotopic (exact) mass is 341 g/mol. The first kappa shape index (κ1) is 15.8. The van der Waals surface area contributed by atoms with Crippen LogP contribution in [-0.2, 0) is 11.3 Å². The smallest absolute Gasteiger partial charge is 0.133 e. The summed E-state index contributed by atoms with van der Waals surface area (Å²) in [6, 6.07) is 6.27. The third kappa shape index (κ3) is 5.08. The minimum atomic E-state index is 0.259. The van der Waals surface area contributed by atoms with Gasteiger partial charge < -0.3 is 14.8 Å². The van der Waals surface area contributed by atoms with Crippen molar-refractivity contribution in [3.8, 4) is 5.75 Å². The van der Waals surface area contributed by atoms with Gasteiger partial charge in [-0.05, 0) is 58.9 Å². The zero-order chi connectivity index (χ0) is 14.4. The van der Waals surface area contributed by atoms with E-state index in [1.807, 2.05) is 6.07 Å². The molecule has 4 heteroatoms. The minimum absolute atomic E-state index is 0.259. The summed E-state index contributed by atoms with van der Waals surface area (Å²) in [6.45, 7) is 7.87. The van der Waals surface area contributed by atoms with Gasteiger partial charge in [0.25, 0.3) is 0 Å². The highest BCUT2D eigenvalue weighted by Crippen LogP contribution is 2.27. The number of rotatable bonds is 7. The Morgan fingerprint density at radius 1 is 1.45 bits per heavy atom. The van der Waals surface area contributed by atoms with Gasteiger partial charge in [-0.15, -0.1) is 0 Å².